The number of aryl methyl sites for hydroxylation is 1. The second-order valence-electron chi connectivity index (χ2n) is 4.78. The molecule has 0 radical (unpaired) electrons. The minimum Gasteiger partial charge on any atom is -0.368 e. The van der Waals surface area contributed by atoms with E-state index in [2.05, 4.69) is 43.9 Å². The van der Waals surface area contributed by atoms with Crippen LogP contribution in [0, 0.1) is 6.92 Å². The molecule has 0 fully saturated rings. The van der Waals surface area contributed by atoms with Gasteiger partial charge in [-0.05, 0) is 38.0 Å². The average Bonchev–Trinajstić information content (AvgIpc) is 2.59. The summed E-state index contributed by atoms with van der Waals surface area (Å²) in [6.07, 6.45) is 0. The molecule has 0 saturated heterocycles. The van der Waals surface area contributed by atoms with E-state index < -0.39 is 0 Å². The van der Waals surface area contributed by atoms with Gasteiger partial charge in [-0.2, -0.15) is 0 Å². The quantitative estimate of drug-likeness (QED) is 0.794. The molecule has 3 heteroatoms. The number of hydrogen-bond acceptors (Lipinski definition) is 3. The molecule has 2 rings (SSSR count). The average molecular weight is 220 g/mol. The van der Waals surface area contributed by atoms with Gasteiger partial charge in [-0.25, -0.2) is 5.90 Å². The standard InChI is InChI=1S/C13H20N2O/c1-9(2)15-7-11(8-16-14)13-10(3)5-4-6-12(13)15/h4-6,9,11H,7-8,14H2,1-3H3. The minimum absolute atomic E-state index is 0.406. The van der Waals surface area contributed by atoms with Gasteiger partial charge in [0, 0.05) is 24.2 Å². The molecule has 0 saturated carbocycles. The van der Waals surface area contributed by atoms with Gasteiger partial charge in [0.1, 0.15) is 0 Å². The first-order valence-electron chi connectivity index (χ1n) is 5.83. The lowest BCUT2D eigenvalue weighted by molar-refractivity contribution is 0.125. The van der Waals surface area contributed by atoms with Crippen LogP contribution in [0.3, 0.4) is 0 Å². The number of nitrogens with zero attached hydrogens (tertiary/aromatic N) is 1. The predicted molar refractivity (Wildman–Crippen MR) is 66.5 cm³/mol. The molecule has 3 nitrogen and oxygen atoms in total. The third-order valence-electron chi connectivity index (χ3n) is 3.36. The fourth-order valence-corrected chi connectivity index (χ4v) is 2.61. The topological polar surface area (TPSA) is 38.5 Å². The number of hydrogen-bond donors (Lipinski definition) is 1. The number of fused-ring (bicyclic) bond motifs is 1. The van der Waals surface area contributed by atoms with Crippen molar-refractivity contribution >= 4 is 5.69 Å². The van der Waals surface area contributed by atoms with Gasteiger partial charge in [-0.1, -0.05) is 12.1 Å². The Labute approximate surface area is 97.1 Å². The zero-order chi connectivity index (χ0) is 11.7. The molecule has 1 aromatic rings. The van der Waals surface area contributed by atoms with Crippen LogP contribution in [0.4, 0.5) is 5.69 Å². The van der Waals surface area contributed by atoms with Gasteiger partial charge in [-0.15, -0.1) is 0 Å². The molecule has 1 unspecified atom stereocenters. The Hall–Kier alpha value is -1.06. The largest absolute Gasteiger partial charge is 0.368 e. The van der Waals surface area contributed by atoms with Crippen molar-refractivity contribution in [2.24, 2.45) is 5.90 Å². The van der Waals surface area contributed by atoms with Crippen LogP contribution in [0.25, 0.3) is 0 Å². The zero-order valence-electron chi connectivity index (χ0n) is 10.2. The van der Waals surface area contributed by atoms with Gasteiger partial charge in [0.15, 0.2) is 0 Å². The number of benzene rings is 1. The van der Waals surface area contributed by atoms with Gasteiger partial charge >= 0.3 is 0 Å². The summed E-state index contributed by atoms with van der Waals surface area (Å²) in [5.74, 6) is 5.62. The Morgan fingerprint density at radius 3 is 2.88 bits per heavy atom. The molecule has 1 aliphatic rings. The SMILES string of the molecule is Cc1cccc2c1C(CON)CN2C(C)C. The summed E-state index contributed by atoms with van der Waals surface area (Å²) >= 11 is 0. The molecule has 16 heavy (non-hydrogen) atoms. The van der Waals surface area contributed by atoms with Gasteiger partial charge in [0.25, 0.3) is 0 Å². The third-order valence-corrected chi connectivity index (χ3v) is 3.36. The Kier molecular flexibility index (Phi) is 3.17. The normalized spacial score (nSPS) is 19.3. The minimum atomic E-state index is 0.406. The van der Waals surface area contributed by atoms with Crippen molar-refractivity contribution in [3.8, 4) is 0 Å². The predicted octanol–water partition coefficient (Wildman–Crippen LogP) is 2.20. The molecule has 1 atom stereocenters. The van der Waals surface area contributed by atoms with Crippen molar-refractivity contribution < 1.29 is 4.84 Å². The summed E-state index contributed by atoms with van der Waals surface area (Å²) < 4.78 is 0. The summed E-state index contributed by atoms with van der Waals surface area (Å²) in [5.41, 5.74) is 4.08. The molecule has 1 heterocycles. The third kappa shape index (κ3) is 1.81. The van der Waals surface area contributed by atoms with Crippen molar-refractivity contribution in [2.45, 2.75) is 32.7 Å². The van der Waals surface area contributed by atoms with Crippen LogP contribution >= 0.6 is 0 Å². The monoisotopic (exact) mass is 220 g/mol. The van der Waals surface area contributed by atoms with E-state index in [9.17, 15) is 0 Å². The van der Waals surface area contributed by atoms with Crippen LogP contribution in [-0.4, -0.2) is 19.2 Å². The maximum atomic E-state index is 5.22. The van der Waals surface area contributed by atoms with E-state index in [0.717, 1.165) is 6.54 Å². The van der Waals surface area contributed by atoms with E-state index in [1.165, 1.54) is 16.8 Å². The van der Waals surface area contributed by atoms with Crippen molar-refractivity contribution in [3.63, 3.8) is 0 Å². The maximum Gasteiger partial charge on any atom is 0.0765 e. The molecular weight excluding hydrogens is 200 g/mol. The van der Waals surface area contributed by atoms with Gasteiger partial charge in [0.05, 0.1) is 6.61 Å². The van der Waals surface area contributed by atoms with Crippen LogP contribution in [0.15, 0.2) is 18.2 Å². The molecule has 0 aromatic heterocycles. The molecule has 0 amide bonds. The van der Waals surface area contributed by atoms with Crippen molar-refractivity contribution in [2.75, 3.05) is 18.1 Å². The molecule has 0 bridgehead atoms. The first-order valence-corrected chi connectivity index (χ1v) is 5.83. The summed E-state index contributed by atoms with van der Waals surface area (Å²) in [7, 11) is 0. The molecule has 88 valence electrons. The van der Waals surface area contributed by atoms with E-state index >= 15 is 0 Å². The summed E-state index contributed by atoms with van der Waals surface area (Å²) in [6.45, 7) is 8.21. The second kappa shape index (κ2) is 4.44. The van der Waals surface area contributed by atoms with Gasteiger partial charge in [0.2, 0.25) is 0 Å². The van der Waals surface area contributed by atoms with Crippen molar-refractivity contribution in [1.29, 1.82) is 0 Å². The highest BCUT2D eigenvalue weighted by molar-refractivity contribution is 5.63. The number of anilines is 1. The van der Waals surface area contributed by atoms with E-state index in [1.807, 2.05) is 0 Å². The highest BCUT2D eigenvalue weighted by Gasteiger charge is 2.31. The Morgan fingerprint density at radius 1 is 1.50 bits per heavy atom. The number of nitrogens with two attached hydrogens (primary N) is 1. The molecule has 0 spiro atoms. The molecular formula is C13H20N2O. The summed E-state index contributed by atoms with van der Waals surface area (Å²) in [5, 5.41) is 0. The fraction of sp³-hybridized carbons (Fsp3) is 0.538. The van der Waals surface area contributed by atoms with E-state index in [1.54, 1.807) is 0 Å². The van der Waals surface area contributed by atoms with Crippen LogP contribution in [0.2, 0.25) is 0 Å². The van der Waals surface area contributed by atoms with Crippen molar-refractivity contribution in [3.05, 3.63) is 29.3 Å². The highest BCUT2D eigenvalue weighted by Crippen LogP contribution is 2.39. The second-order valence-corrected chi connectivity index (χ2v) is 4.78. The van der Waals surface area contributed by atoms with Crippen LogP contribution in [-0.2, 0) is 4.84 Å². The number of rotatable bonds is 3. The van der Waals surface area contributed by atoms with Gasteiger partial charge in [-0.3, -0.25) is 0 Å². The Bertz CT molecular complexity index is 376. The maximum absolute atomic E-state index is 5.22. The Morgan fingerprint density at radius 2 is 2.25 bits per heavy atom. The summed E-state index contributed by atoms with van der Waals surface area (Å²) in [4.78, 5) is 7.26. The van der Waals surface area contributed by atoms with E-state index in [-0.39, 0.29) is 0 Å². The lowest BCUT2D eigenvalue weighted by Gasteiger charge is -2.24. The molecule has 1 aromatic carbocycles. The van der Waals surface area contributed by atoms with E-state index in [0.29, 0.717) is 18.6 Å². The zero-order valence-corrected chi connectivity index (χ0v) is 10.2. The first-order chi connectivity index (χ1) is 7.65. The summed E-state index contributed by atoms with van der Waals surface area (Å²) in [6, 6.07) is 6.99. The molecule has 2 N–H and O–H groups in total. The molecule has 0 aliphatic carbocycles. The van der Waals surface area contributed by atoms with Gasteiger partial charge < -0.3 is 9.74 Å². The lowest BCUT2D eigenvalue weighted by atomic mass is 9.97. The van der Waals surface area contributed by atoms with Crippen LogP contribution in [0.5, 0.6) is 0 Å². The van der Waals surface area contributed by atoms with Crippen LogP contribution < -0.4 is 10.8 Å². The van der Waals surface area contributed by atoms with Crippen LogP contribution in [0.1, 0.15) is 30.9 Å². The molecule has 1 aliphatic heterocycles. The van der Waals surface area contributed by atoms with Crippen molar-refractivity contribution in [1.82, 2.24) is 0 Å². The smallest absolute Gasteiger partial charge is 0.0765 e. The highest BCUT2D eigenvalue weighted by atomic mass is 16.6. The lowest BCUT2D eigenvalue weighted by Crippen LogP contribution is -2.30. The Balaban J connectivity index is 2.40. The first kappa shape index (κ1) is 11.4. The van der Waals surface area contributed by atoms with E-state index in [4.69, 9.17) is 10.7 Å². The fourth-order valence-electron chi connectivity index (χ4n) is 2.61.